The predicted octanol–water partition coefficient (Wildman–Crippen LogP) is 2.49. The first-order valence-corrected chi connectivity index (χ1v) is 7.52. The van der Waals surface area contributed by atoms with Crippen LogP contribution in [-0.4, -0.2) is 35.5 Å². The largest absolute Gasteiger partial charge is 0.362 e. The second kappa shape index (κ2) is 5.07. The van der Waals surface area contributed by atoms with Gasteiger partial charge in [0, 0.05) is 32.9 Å². The van der Waals surface area contributed by atoms with Gasteiger partial charge in [-0.15, -0.1) is 0 Å². The minimum atomic E-state index is -0.521. The number of piperidine rings is 1. The van der Waals surface area contributed by atoms with Gasteiger partial charge in [0.25, 0.3) is 5.91 Å². The van der Waals surface area contributed by atoms with Gasteiger partial charge in [0.05, 0.1) is 21.3 Å². The van der Waals surface area contributed by atoms with Crippen LogP contribution in [0.15, 0.2) is 12.1 Å². The molecule has 7 heteroatoms. The molecule has 0 atom stereocenters. The van der Waals surface area contributed by atoms with Crippen LogP contribution < -0.4 is 10.6 Å². The van der Waals surface area contributed by atoms with Crippen molar-refractivity contribution >= 4 is 40.7 Å². The van der Waals surface area contributed by atoms with Gasteiger partial charge in [-0.2, -0.15) is 0 Å². The van der Waals surface area contributed by atoms with E-state index >= 15 is 0 Å². The normalized spacial score (nSPS) is 19.8. The molecule has 1 aromatic carbocycles. The molecule has 1 saturated heterocycles. The van der Waals surface area contributed by atoms with Crippen molar-refractivity contribution < 1.29 is 9.59 Å². The van der Waals surface area contributed by atoms with Crippen LogP contribution in [0.1, 0.15) is 30.1 Å². The highest BCUT2D eigenvalue weighted by atomic mass is 35.5. The number of amides is 2. The van der Waals surface area contributed by atoms with Gasteiger partial charge >= 0.3 is 0 Å². The van der Waals surface area contributed by atoms with E-state index in [1.165, 1.54) is 0 Å². The second-order valence-electron chi connectivity index (χ2n) is 5.45. The van der Waals surface area contributed by atoms with Crippen LogP contribution in [-0.2, 0) is 4.79 Å². The Kier molecular flexibility index (Phi) is 3.50. The van der Waals surface area contributed by atoms with Crippen LogP contribution in [0.4, 0.5) is 5.69 Å². The lowest BCUT2D eigenvalue weighted by Gasteiger charge is -2.45. The molecule has 0 aromatic heterocycles. The number of hydrogen-bond acceptors (Lipinski definition) is 3. The first kappa shape index (κ1) is 14.5. The van der Waals surface area contributed by atoms with Gasteiger partial charge < -0.3 is 15.5 Å². The third-order valence-corrected chi connectivity index (χ3v) is 4.92. The van der Waals surface area contributed by atoms with E-state index in [1.807, 2.05) is 0 Å². The fraction of sp³-hybridized carbons (Fsp3) is 0.429. The van der Waals surface area contributed by atoms with E-state index in [9.17, 15) is 9.59 Å². The number of hydrogen-bond donors (Lipinski definition) is 2. The van der Waals surface area contributed by atoms with Gasteiger partial charge in [-0.1, -0.05) is 23.2 Å². The average Bonchev–Trinajstić information content (AvgIpc) is 2.43. The van der Waals surface area contributed by atoms with Gasteiger partial charge in [-0.25, -0.2) is 0 Å². The molecular formula is C14H15Cl2N3O2. The number of nitrogens with zero attached hydrogens (tertiary/aromatic N) is 1. The summed E-state index contributed by atoms with van der Waals surface area (Å²) in [4.78, 5) is 25.6. The third kappa shape index (κ3) is 2.45. The number of carbonyl (C=O) groups excluding carboxylic acids is 2. The molecule has 2 aliphatic heterocycles. The number of fused-ring (bicyclic) bond motifs is 1. The summed E-state index contributed by atoms with van der Waals surface area (Å²) >= 11 is 12.1. The van der Waals surface area contributed by atoms with Crippen molar-refractivity contribution in [3.05, 3.63) is 27.7 Å². The Morgan fingerprint density at radius 2 is 1.90 bits per heavy atom. The van der Waals surface area contributed by atoms with Gasteiger partial charge in [-0.05, 0) is 12.1 Å². The van der Waals surface area contributed by atoms with Gasteiger partial charge in [0.2, 0.25) is 5.91 Å². The summed E-state index contributed by atoms with van der Waals surface area (Å²) in [5.41, 5.74) is 0.543. The summed E-state index contributed by atoms with van der Waals surface area (Å²) in [5, 5.41) is 6.96. The van der Waals surface area contributed by atoms with Crippen molar-refractivity contribution in [3.8, 4) is 0 Å². The van der Waals surface area contributed by atoms with E-state index in [-0.39, 0.29) is 16.8 Å². The highest BCUT2D eigenvalue weighted by Gasteiger charge is 2.41. The minimum absolute atomic E-state index is 0.0576. The summed E-state index contributed by atoms with van der Waals surface area (Å²) in [7, 11) is 0. The Morgan fingerprint density at radius 3 is 2.52 bits per heavy atom. The van der Waals surface area contributed by atoms with Crippen LogP contribution in [0.2, 0.25) is 10.0 Å². The van der Waals surface area contributed by atoms with Gasteiger partial charge in [0.15, 0.2) is 0 Å². The standard InChI is InChI=1S/C14H15Cl2N3O2/c1-8(20)19-6-4-14(5-7-19)17-10-3-2-9(15)12(16)11(10)13(21)18-14/h2-3,17H,4-7H2,1H3,(H,18,21). The monoisotopic (exact) mass is 327 g/mol. The van der Waals surface area contributed by atoms with Crippen LogP contribution in [0.25, 0.3) is 0 Å². The summed E-state index contributed by atoms with van der Waals surface area (Å²) in [6.45, 7) is 2.78. The molecule has 2 N–H and O–H groups in total. The molecule has 0 bridgehead atoms. The molecule has 2 aliphatic rings. The number of benzene rings is 1. The number of anilines is 1. The molecular weight excluding hydrogens is 313 g/mol. The zero-order valence-electron chi connectivity index (χ0n) is 11.5. The van der Waals surface area contributed by atoms with E-state index < -0.39 is 5.66 Å². The highest BCUT2D eigenvalue weighted by molar-refractivity contribution is 6.44. The van der Waals surface area contributed by atoms with Crippen molar-refractivity contribution in [2.75, 3.05) is 18.4 Å². The van der Waals surface area contributed by atoms with E-state index in [1.54, 1.807) is 24.0 Å². The topological polar surface area (TPSA) is 61.4 Å². The SMILES string of the molecule is CC(=O)N1CCC2(CC1)NC(=O)c1c(ccc(Cl)c1Cl)N2. The Morgan fingerprint density at radius 1 is 1.24 bits per heavy atom. The lowest BCUT2D eigenvalue weighted by molar-refractivity contribution is -0.130. The van der Waals surface area contributed by atoms with Crippen molar-refractivity contribution in [3.63, 3.8) is 0 Å². The van der Waals surface area contributed by atoms with Crippen LogP contribution in [0.5, 0.6) is 0 Å². The Bertz CT molecular complexity index is 625. The molecule has 0 radical (unpaired) electrons. The van der Waals surface area contributed by atoms with Crippen molar-refractivity contribution in [1.29, 1.82) is 0 Å². The molecule has 2 amide bonds. The Hall–Kier alpha value is -1.46. The third-order valence-electron chi connectivity index (χ3n) is 4.11. The molecule has 1 spiro atoms. The van der Waals surface area contributed by atoms with Crippen LogP contribution in [0, 0.1) is 0 Å². The molecule has 0 aliphatic carbocycles. The summed E-state index contributed by atoms with van der Waals surface area (Å²) in [6, 6.07) is 3.44. The predicted molar refractivity (Wildman–Crippen MR) is 81.8 cm³/mol. The zero-order valence-corrected chi connectivity index (χ0v) is 13.0. The molecule has 2 heterocycles. The van der Waals surface area contributed by atoms with E-state index in [4.69, 9.17) is 23.2 Å². The molecule has 5 nitrogen and oxygen atoms in total. The number of carbonyl (C=O) groups is 2. The molecule has 3 rings (SSSR count). The molecule has 1 aromatic rings. The van der Waals surface area contributed by atoms with Crippen molar-refractivity contribution in [2.24, 2.45) is 0 Å². The molecule has 0 saturated carbocycles. The molecule has 21 heavy (non-hydrogen) atoms. The maximum absolute atomic E-state index is 12.4. The van der Waals surface area contributed by atoms with Gasteiger partial charge in [0.1, 0.15) is 5.66 Å². The lowest BCUT2D eigenvalue weighted by Crippen LogP contribution is -2.62. The fourth-order valence-corrected chi connectivity index (χ4v) is 3.31. The zero-order chi connectivity index (χ0) is 15.2. The Balaban J connectivity index is 1.88. The summed E-state index contributed by atoms with van der Waals surface area (Å²) < 4.78 is 0. The molecule has 1 fully saturated rings. The van der Waals surface area contributed by atoms with E-state index in [2.05, 4.69) is 10.6 Å². The average molecular weight is 328 g/mol. The minimum Gasteiger partial charge on any atom is -0.362 e. The number of rotatable bonds is 0. The van der Waals surface area contributed by atoms with E-state index in [0.29, 0.717) is 42.2 Å². The maximum Gasteiger partial charge on any atom is 0.256 e. The first-order chi connectivity index (χ1) is 9.92. The quantitative estimate of drug-likeness (QED) is 0.769. The van der Waals surface area contributed by atoms with Crippen LogP contribution in [0.3, 0.4) is 0 Å². The van der Waals surface area contributed by atoms with E-state index in [0.717, 1.165) is 0 Å². The smallest absolute Gasteiger partial charge is 0.256 e. The summed E-state index contributed by atoms with van der Waals surface area (Å²) in [6.07, 6.45) is 1.30. The highest BCUT2D eigenvalue weighted by Crippen LogP contribution is 2.37. The van der Waals surface area contributed by atoms with Crippen LogP contribution >= 0.6 is 23.2 Å². The van der Waals surface area contributed by atoms with Gasteiger partial charge in [-0.3, -0.25) is 9.59 Å². The Labute approximate surface area is 132 Å². The first-order valence-electron chi connectivity index (χ1n) is 6.76. The number of likely N-dealkylation sites (tertiary alicyclic amines) is 1. The number of halogens is 2. The molecule has 112 valence electrons. The fourth-order valence-electron chi connectivity index (χ4n) is 2.90. The van der Waals surface area contributed by atoms with Crippen molar-refractivity contribution in [2.45, 2.75) is 25.4 Å². The lowest BCUT2D eigenvalue weighted by atomic mass is 9.92. The number of nitrogens with one attached hydrogen (secondary N) is 2. The second-order valence-corrected chi connectivity index (χ2v) is 6.24. The molecule has 0 unspecified atom stereocenters. The summed E-state index contributed by atoms with van der Waals surface area (Å²) in [5.74, 6) is -0.172. The maximum atomic E-state index is 12.4. The van der Waals surface area contributed by atoms with Crippen molar-refractivity contribution in [1.82, 2.24) is 10.2 Å².